The van der Waals surface area contributed by atoms with Crippen LogP contribution < -0.4 is 0 Å². The zero-order valence-corrected chi connectivity index (χ0v) is 8.95. The predicted molar refractivity (Wildman–Crippen MR) is 49.9 cm³/mol. The second kappa shape index (κ2) is 2.78. The zero-order valence-electron chi connectivity index (χ0n) is 6.55. The maximum Gasteiger partial charge on any atom is 0.181 e. The fourth-order valence-corrected chi connectivity index (χ4v) is 3.56. The normalized spacial score (nSPS) is 18.6. The predicted octanol–water partition coefficient (Wildman–Crippen LogP) is 1.92. The number of sulfone groups is 1. The highest BCUT2D eigenvalue weighted by Crippen LogP contribution is 2.32. The lowest BCUT2D eigenvalue weighted by molar-refractivity contribution is 0.567. The van der Waals surface area contributed by atoms with Crippen molar-refractivity contribution < 1.29 is 12.8 Å². The van der Waals surface area contributed by atoms with Gasteiger partial charge in [-0.2, -0.15) is 0 Å². The molecule has 0 saturated heterocycles. The summed E-state index contributed by atoms with van der Waals surface area (Å²) in [5.41, 5.74) is 0.584. The summed E-state index contributed by atoms with van der Waals surface area (Å²) in [6.45, 7) is 0. The Balaban J connectivity index is 2.83. The average Bonchev–Trinajstić information content (AvgIpc) is 2.35. The van der Waals surface area contributed by atoms with Crippen LogP contribution in [-0.4, -0.2) is 14.2 Å². The van der Waals surface area contributed by atoms with Gasteiger partial charge in [0.25, 0.3) is 0 Å². The van der Waals surface area contributed by atoms with Gasteiger partial charge in [-0.05, 0) is 34.0 Å². The van der Waals surface area contributed by atoms with Gasteiger partial charge in [-0.1, -0.05) is 6.07 Å². The monoisotopic (exact) mass is 264 g/mol. The molecule has 0 amide bonds. The van der Waals surface area contributed by atoms with Gasteiger partial charge in [-0.25, -0.2) is 12.8 Å². The molecule has 0 spiro atoms. The van der Waals surface area contributed by atoms with Crippen molar-refractivity contribution in [2.75, 3.05) is 5.75 Å². The lowest BCUT2D eigenvalue weighted by Gasteiger charge is -2.01. The van der Waals surface area contributed by atoms with E-state index in [1.807, 2.05) is 0 Å². The quantitative estimate of drug-likeness (QED) is 0.718. The molecule has 1 aliphatic rings. The van der Waals surface area contributed by atoms with Crippen LogP contribution in [0.15, 0.2) is 21.5 Å². The van der Waals surface area contributed by atoms with E-state index in [0.717, 1.165) is 0 Å². The minimum atomic E-state index is -3.36. The zero-order chi connectivity index (χ0) is 9.64. The van der Waals surface area contributed by atoms with Gasteiger partial charge in [-0.15, -0.1) is 0 Å². The highest BCUT2D eigenvalue weighted by Gasteiger charge is 2.30. The molecule has 1 aromatic carbocycles. The first-order valence-electron chi connectivity index (χ1n) is 3.72. The van der Waals surface area contributed by atoms with Crippen molar-refractivity contribution in [1.82, 2.24) is 0 Å². The molecule has 2 rings (SSSR count). The molecule has 0 radical (unpaired) electrons. The topological polar surface area (TPSA) is 34.1 Å². The third kappa shape index (κ3) is 1.30. The lowest BCUT2D eigenvalue weighted by Crippen LogP contribution is -2.01. The van der Waals surface area contributed by atoms with E-state index in [-0.39, 0.29) is 15.1 Å². The van der Waals surface area contributed by atoms with Gasteiger partial charge in [-0.3, -0.25) is 0 Å². The van der Waals surface area contributed by atoms with Gasteiger partial charge in [0.1, 0.15) is 4.90 Å². The average molecular weight is 265 g/mol. The van der Waals surface area contributed by atoms with E-state index in [4.69, 9.17) is 0 Å². The van der Waals surface area contributed by atoms with Crippen molar-refractivity contribution >= 4 is 25.8 Å². The smallest absolute Gasteiger partial charge is 0.181 e. The van der Waals surface area contributed by atoms with Crippen LogP contribution in [0.5, 0.6) is 0 Å². The van der Waals surface area contributed by atoms with Crippen LogP contribution in [0.1, 0.15) is 5.56 Å². The summed E-state index contributed by atoms with van der Waals surface area (Å²) in [6, 6.07) is 3.18. The van der Waals surface area contributed by atoms with Crippen LogP contribution in [-0.2, 0) is 16.3 Å². The Morgan fingerprint density at radius 3 is 2.77 bits per heavy atom. The van der Waals surface area contributed by atoms with E-state index in [0.29, 0.717) is 12.0 Å². The fraction of sp³-hybridized carbons (Fsp3) is 0.250. The summed E-state index contributed by atoms with van der Waals surface area (Å²) in [6.07, 6.45) is 0.419. The molecule has 1 aromatic rings. The van der Waals surface area contributed by atoms with Crippen LogP contribution in [0, 0.1) is 5.82 Å². The van der Waals surface area contributed by atoms with Crippen molar-refractivity contribution in [1.29, 1.82) is 0 Å². The van der Waals surface area contributed by atoms with E-state index in [1.165, 1.54) is 6.07 Å². The number of aryl methyl sites for hydroxylation is 1. The number of hydrogen-bond acceptors (Lipinski definition) is 2. The Kier molecular flexibility index (Phi) is 1.96. The molecule has 70 valence electrons. The van der Waals surface area contributed by atoms with Crippen LogP contribution in [0.3, 0.4) is 0 Å². The van der Waals surface area contributed by atoms with Crippen LogP contribution in [0.4, 0.5) is 4.39 Å². The van der Waals surface area contributed by atoms with E-state index < -0.39 is 15.7 Å². The summed E-state index contributed by atoms with van der Waals surface area (Å²) in [7, 11) is -3.36. The Hall–Kier alpha value is -0.420. The van der Waals surface area contributed by atoms with Crippen molar-refractivity contribution in [2.45, 2.75) is 11.3 Å². The molecule has 5 heteroatoms. The van der Waals surface area contributed by atoms with Gasteiger partial charge in [0.2, 0.25) is 0 Å². The SMILES string of the molecule is O=S1(=O)CCc2ccc(Br)c(F)c21. The number of fused-ring (bicyclic) bond motifs is 1. The molecule has 0 unspecified atom stereocenters. The third-order valence-corrected chi connectivity index (χ3v) is 4.50. The second-order valence-electron chi connectivity index (χ2n) is 2.92. The van der Waals surface area contributed by atoms with Crippen LogP contribution >= 0.6 is 15.9 Å². The van der Waals surface area contributed by atoms with Gasteiger partial charge in [0.05, 0.1) is 10.2 Å². The maximum atomic E-state index is 13.4. The highest BCUT2D eigenvalue weighted by atomic mass is 79.9. The molecule has 1 heterocycles. The van der Waals surface area contributed by atoms with Gasteiger partial charge in [0.15, 0.2) is 15.7 Å². The first kappa shape index (κ1) is 9.15. The van der Waals surface area contributed by atoms with Crippen molar-refractivity contribution in [3.8, 4) is 0 Å². The largest absolute Gasteiger partial charge is 0.224 e. The maximum absolute atomic E-state index is 13.4. The molecular weight excluding hydrogens is 259 g/mol. The highest BCUT2D eigenvalue weighted by molar-refractivity contribution is 9.10. The summed E-state index contributed by atoms with van der Waals surface area (Å²) in [5, 5.41) is 0. The Labute approximate surface area is 83.8 Å². The summed E-state index contributed by atoms with van der Waals surface area (Å²) >= 11 is 2.96. The summed E-state index contributed by atoms with van der Waals surface area (Å²) in [5.74, 6) is -0.634. The first-order chi connectivity index (χ1) is 6.02. The lowest BCUT2D eigenvalue weighted by atomic mass is 10.2. The van der Waals surface area contributed by atoms with Crippen molar-refractivity contribution in [3.63, 3.8) is 0 Å². The number of rotatable bonds is 0. The molecule has 0 saturated carbocycles. The number of halogens is 2. The molecular formula is C8H6BrFO2S. The van der Waals surface area contributed by atoms with Crippen molar-refractivity contribution in [3.05, 3.63) is 28.0 Å². The molecule has 0 aromatic heterocycles. The Bertz CT molecular complexity index is 467. The molecule has 0 fully saturated rings. The van der Waals surface area contributed by atoms with E-state index >= 15 is 0 Å². The minimum absolute atomic E-state index is 0.0235. The molecule has 13 heavy (non-hydrogen) atoms. The Morgan fingerprint density at radius 1 is 1.38 bits per heavy atom. The van der Waals surface area contributed by atoms with Gasteiger partial charge >= 0.3 is 0 Å². The van der Waals surface area contributed by atoms with Gasteiger partial charge < -0.3 is 0 Å². The molecule has 0 aliphatic carbocycles. The summed E-state index contributed by atoms with van der Waals surface area (Å²) < 4.78 is 36.3. The molecule has 0 bridgehead atoms. The minimum Gasteiger partial charge on any atom is -0.224 e. The van der Waals surface area contributed by atoms with Crippen LogP contribution in [0.25, 0.3) is 0 Å². The van der Waals surface area contributed by atoms with E-state index in [2.05, 4.69) is 15.9 Å². The standard InChI is InChI=1S/C8H6BrFO2S/c9-6-2-1-5-3-4-13(11,12)8(5)7(6)10/h1-2H,3-4H2. The Morgan fingerprint density at radius 2 is 2.08 bits per heavy atom. The molecule has 1 aliphatic heterocycles. The third-order valence-electron chi connectivity index (χ3n) is 2.08. The summed E-state index contributed by atoms with van der Waals surface area (Å²) in [4.78, 5) is -0.123. The fourth-order valence-electron chi connectivity index (χ4n) is 1.45. The number of benzene rings is 1. The molecule has 0 N–H and O–H groups in total. The van der Waals surface area contributed by atoms with Crippen molar-refractivity contribution in [2.24, 2.45) is 0 Å². The van der Waals surface area contributed by atoms with E-state index in [9.17, 15) is 12.8 Å². The van der Waals surface area contributed by atoms with Gasteiger partial charge in [0, 0.05) is 0 Å². The second-order valence-corrected chi connectivity index (χ2v) is 5.82. The molecule has 0 atom stereocenters. The van der Waals surface area contributed by atoms with Crippen LogP contribution in [0.2, 0.25) is 0 Å². The number of hydrogen-bond donors (Lipinski definition) is 0. The van der Waals surface area contributed by atoms with E-state index in [1.54, 1.807) is 6.07 Å². The molecule has 2 nitrogen and oxygen atoms in total. The first-order valence-corrected chi connectivity index (χ1v) is 6.16.